The van der Waals surface area contributed by atoms with Gasteiger partial charge in [-0.3, -0.25) is 4.79 Å². The molecule has 0 aromatic carbocycles. The van der Waals surface area contributed by atoms with Gasteiger partial charge in [0.05, 0.1) is 6.20 Å². The lowest BCUT2D eigenvalue weighted by Gasteiger charge is -2.35. The molecule has 0 spiro atoms. The van der Waals surface area contributed by atoms with Crippen molar-refractivity contribution < 1.29 is 9.72 Å². The fourth-order valence-corrected chi connectivity index (χ4v) is 3.92. The standard InChI is InChI=1S/C17H21N5O3/c23-17(13-5-1-2-6-13)20-11-9-19(10-12-20)15-16(22(24)25)21-8-4-3-7-14(21)18-15/h3-4,7-8,13H,1-2,5-6,9-12H2. The maximum absolute atomic E-state index is 12.5. The minimum Gasteiger partial charge on any atom is -0.358 e. The summed E-state index contributed by atoms with van der Waals surface area (Å²) in [6.45, 7) is 2.34. The number of hydrogen-bond donors (Lipinski definition) is 0. The summed E-state index contributed by atoms with van der Waals surface area (Å²) in [6, 6.07) is 5.33. The summed E-state index contributed by atoms with van der Waals surface area (Å²) >= 11 is 0. The fourth-order valence-electron chi connectivity index (χ4n) is 3.92. The van der Waals surface area contributed by atoms with Crippen LogP contribution in [0.2, 0.25) is 0 Å². The number of hydrogen-bond acceptors (Lipinski definition) is 5. The molecule has 2 aliphatic rings. The van der Waals surface area contributed by atoms with Gasteiger partial charge in [0.25, 0.3) is 0 Å². The topological polar surface area (TPSA) is 84.0 Å². The predicted octanol–water partition coefficient (Wildman–Crippen LogP) is 2.08. The van der Waals surface area contributed by atoms with Gasteiger partial charge in [0.15, 0.2) is 0 Å². The van der Waals surface area contributed by atoms with Crippen molar-refractivity contribution >= 4 is 23.2 Å². The molecule has 132 valence electrons. The zero-order chi connectivity index (χ0) is 17.4. The molecule has 0 unspecified atom stereocenters. The van der Waals surface area contributed by atoms with Gasteiger partial charge in [0.1, 0.15) is 0 Å². The van der Waals surface area contributed by atoms with Crippen LogP contribution in [0.25, 0.3) is 5.65 Å². The van der Waals surface area contributed by atoms with E-state index < -0.39 is 0 Å². The molecule has 1 amide bonds. The number of pyridine rings is 1. The van der Waals surface area contributed by atoms with E-state index in [0.29, 0.717) is 37.6 Å². The highest BCUT2D eigenvalue weighted by atomic mass is 16.6. The number of aromatic nitrogens is 2. The second-order valence-corrected chi connectivity index (χ2v) is 6.74. The van der Waals surface area contributed by atoms with Crippen molar-refractivity contribution in [1.29, 1.82) is 0 Å². The van der Waals surface area contributed by atoms with Crippen LogP contribution in [0.3, 0.4) is 0 Å². The average molecular weight is 343 g/mol. The number of rotatable bonds is 3. The van der Waals surface area contributed by atoms with Crippen LogP contribution in [-0.4, -0.2) is 51.3 Å². The molecule has 2 fully saturated rings. The zero-order valence-corrected chi connectivity index (χ0v) is 14.0. The van der Waals surface area contributed by atoms with E-state index in [1.807, 2.05) is 15.9 Å². The maximum atomic E-state index is 12.5. The van der Waals surface area contributed by atoms with Crippen LogP contribution in [0.4, 0.5) is 11.6 Å². The van der Waals surface area contributed by atoms with Gasteiger partial charge < -0.3 is 19.9 Å². The van der Waals surface area contributed by atoms with E-state index in [1.165, 1.54) is 4.40 Å². The molecule has 1 aliphatic heterocycles. The lowest BCUT2D eigenvalue weighted by Crippen LogP contribution is -2.50. The van der Waals surface area contributed by atoms with Crippen LogP contribution >= 0.6 is 0 Å². The fraction of sp³-hybridized carbons (Fsp3) is 0.529. The Morgan fingerprint density at radius 1 is 1.16 bits per heavy atom. The quantitative estimate of drug-likeness (QED) is 0.629. The SMILES string of the molecule is O=C(C1CCCC1)N1CCN(c2nc3ccccn3c2[N+](=O)[O-])CC1. The highest BCUT2D eigenvalue weighted by Crippen LogP contribution is 2.31. The van der Waals surface area contributed by atoms with Crippen LogP contribution < -0.4 is 4.90 Å². The van der Waals surface area contributed by atoms with Crippen molar-refractivity contribution in [3.63, 3.8) is 0 Å². The Hall–Kier alpha value is -2.64. The van der Waals surface area contributed by atoms with Crippen LogP contribution in [0.5, 0.6) is 0 Å². The molecule has 0 radical (unpaired) electrons. The molecule has 0 N–H and O–H groups in total. The largest absolute Gasteiger partial charge is 0.372 e. The molecule has 2 aromatic heterocycles. The molecular formula is C17H21N5O3. The highest BCUT2D eigenvalue weighted by molar-refractivity contribution is 5.79. The van der Waals surface area contributed by atoms with E-state index in [-0.39, 0.29) is 22.6 Å². The van der Waals surface area contributed by atoms with Gasteiger partial charge in [-0.25, -0.2) is 0 Å². The van der Waals surface area contributed by atoms with Gasteiger partial charge in [-0.15, -0.1) is 0 Å². The lowest BCUT2D eigenvalue weighted by molar-refractivity contribution is -0.389. The van der Waals surface area contributed by atoms with Gasteiger partial charge in [0.2, 0.25) is 17.4 Å². The highest BCUT2D eigenvalue weighted by Gasteiger charge is 2.33. The molecule has 8 heteroatoms. The van der Waals surface area contributed by atoms with E-state index in [2.05, 4.69) is 4.98 Å². The molecule has 0 atom stereocenters. The van der Waals surface area contributed by atoms with Crippen LogP contribution in [-0.2, 0) is 4.79 Å². The number of anilines is 1. The molecule has 2 aromatic rings. The Bertz CT molecular complexity index is 804. The van der Waals surface area contributed by atoms with Crippen molar-refractivity contribution in [3.8, 4) is 0 Å². The number of amides is 1. The van der Waals surface area contributed by atoms with Gasteiger partial charge >= 0.3 is 5.82 Å². The molecular weight excluding hydrogens is 322 g/mol. The van der Waals surface area contributed by atoms with E-state index in [9.17, 15) is 14.9 Å². The minimum absolute atomic E-state index is 0.00818. The number of imidazole rings is 1. The van der Waals surface area contributed by atoms with Crippen molar-refractivity contribution in [3.05, 3.63) is 34.5 Å². The smallest absolute Gasteiger partial charge is 0.358 e. The van der Waals surface area contributed by atoms with E-state index in [0.717, 1.165) is 25.7 Å². The second kappa shape index (κ2) is 6.34. The summed E-state index contributed by atoms with van der Waals surface area (Å²) < 4.78 is 1.51. The van der Waals surface area contributed by atoms with Crippen molar-refractivity contribution in [2.24, 2.45) is 5.92 Å². The van der Waals surface area contributed by atoms with Crippen molar-refractivity contribution in [2.75, 3.05) is 31.1 Å². The molecule has 8 nitrogen and oxygen atoms in total. The Labute approximate surface area is 145 Å². The van der Waals surface area contributed by atoms with Gasteiger partial charge in [-0.2, -0.15) is 9.38 Å². The van der Waals surface area contributed by atoms with E-state index in [1.54, 1.807) is 18.3 Å². The monoisotopic (exact) mass is 343 g/mol. The molecule has 0 bridgehead atoms. The Morgan fingerprint density at radius 2 is 1.88 bits per heavy atom. The first kappa shape index (κ1) is 15.9. The minimum atomic E-state index is -0.384. The lowest BCUT2D eigenvalue weighted by atomic mass is 10.1. The number of carbonyl (C=O) groups excluding carboxylic acids is 1. The predicted molar refractivity (Wildman–Crippen MR) is 92.6 cm³/mol. The number of nitrogens with zero attached hydrogens (tertiary/aromatic N) is 5. The van der Waals surface area contributed by atoms with Crippen LogP contribution in [0.1, 0.15) is 25.7 Å². The Balaban J connectivity index is 1.53. The second-order valence-electron chi connectivity index (χ2n) is 6.74. The van der Waals surface area contributed by atoms with Crippen LogP contribution in [0.15, 0.2) is 24.4 Å². The van der Waals surface area contributed by atoms with Gasteiger partial charge in [-0.1, -0.05) is 18.9 Å². The van der Waals surface area contributed by atoms with Crippen LogP contribution in [0, 0.1) is 16.0 Å². The average Bonchev–Trinajstić information content (AvgIpc) is 3.28. The van der Waals surface area contributed by atoms with Gasteiger partial charge in [0, 0.05) is 38.2 Å². The molecule has 3 heterocycles. The van der Waals surface area contributed by atoms with Crippen molar-refractivity contribution in [2.45, 2.75) is 25.7 Å². The molecule has 1 aliphatic carbocycles. The Kier molecular flexibility index (Phi) is 4.03. The molecule has 4 rings (SSSR count). The molecule has 1 saturated carbocycles. The first-order valence-electron chi connectivity index (χ1n) is 8.80. The van der Waals surface area contributed by atoms with E-state index >= 15 is 0 Å². The normalized spacial score (nSPS) is 18.9. The summed E-state index contributed by atoms with van der Waals surface area (Å²) in [5.41, 5.74) is 0.564. The number of carbonyl (C=O) groups is 1. The summed E-state index contributed by atoms with van der Waals surface area (Å²) in [4.78, 5) is 32.0. The third-order valence-electron chi connectivity index (χ3n) is 5.26. The third kappa shape index (κ3) is 2.81. The summed E-state index contributed by atoms with van der Waals surface area (Å²) in [7, 11) is 0. The summed E-state index contributed by atoms with van der Waals surface area (Å²) in [6.07, 6.45) is 5.94. The van der Waals surface area contributed by atoms with Gasteiger partial charge in [-0.05, 0) is 23.8 Å². The first-order valence-corrected chi connectivity index (χ1v) is 8.80. The summed E-state index contributed by atoms with van der Waals surface area (Å²) in [5, 5.41) is 11.5. The zero-order valence-electron chi connectivity index (χ0n) is 14.0. The first-order chi connectivity index (χ1) is 12.1. The third-order valence-corrected chi connectivity index (χ3v) is 5.26. The number of nitro groups is 1. The summed E-state index contributed by atoms with van der Waals surface area (Å²) in [5.74, 6) is 0.813. The molecule has 1 saturated heterocycles. The molecule has 25 heavy (non-hydrogen) atoms. The Morgan fingerprint density at radius 3 is 2.56 bits per heavy atom. The van der Waals surface area contributed by atoms with E-state index in [4.69, 9.17) is 0 Å². The number of fused-ring (bicyclic) bond motifs is 1. The maximum Gasteiger partial charge on any atom is 0.372 e. The van der Waals surface area contributed by atoms with Crippen molar-refractivity contribution in [1.82, 2.24) is 14.3 Å². The number of piperazine rings is 1.